The maximum absolute atomic E-state index is 12.7. The van der Waals surface area contributed by atoms with Gasteiger partial charge in [-0.3, -0.25) is 14.9 Å². The molecule has 1 atom stereocenters. The highest BCUT2D eigenvalue weighted by Crippen LogP contribution is 2.32. The molecule has 0 aromatic carbocycles. The van der Waals surface area contributed by atoms with Crippen molar-refractivity contribution in [3.05, 3.63) is 0 Å². The number of carbonyl (C=O) groups is 3. The van der Waals surface area contributed by atoms with Gasteiger partial charge in [0.05, 0.1) is 12.0 Å². The van der Waals surface area contributed by atoms with Crippen LogP contribution in [-0.2, 0) is 9.59 Å². The van der Waals surface area contributed by atoms with Gasteiger partial charge in [0.15, 0.2) is 0 Å². The zero-order chi connectivity index (χ0) is 15.0. The molecule has 0 aliphatic carbocycles. The minimum Gasteiger partial charge on any atom is -0.339 e. The Balaban J connectivity index is 2.15. The summed E-state index contributed by atoms with van der Waals surface area (Å²) in [5.41, 5.74) is 4.28. The number of carbonyl (C=O) groups excluding carboxylic acids is 3. The van der Waals surface area contributed by atoms with E-state index in [-0.39, 0.29) is 18.4 Å². The molecule has 0 radical (unpaired) electrons. The van der Waals surface area contributed by atoms with Crippen LogP contribution < -0.4 is 16.4 Å². The van der Waals surface area contributed by atoms with Crippen LogP contribution in [0.4, 0.5) is 4.79 Å². The number of urea groups is 1. The molecule has 2 heterocycles. The quantitative estimate of drug-likeness (QED) is 0.608. The van der Waals surface area contributed by atoms with Crippen LogP contribution in [0.2, 0.25) is 0 Å². The third kappa shape index (κ3) is 2.06. The third-order valence-electron chi connectivity index (χ3n) is 4.77. The zero-order valence-electron chi connectivity index (χ0n) is 12.0. The second-order valence-electron chi connectivity index (χ2n) is 5.66. The molecule has 2 saturated heterocycles. The topological polar surface area (TPSA) is 105 Å². The summed E-state index contributed by atoms with van der Waals surface area (Å²) in [6.45, 7) is 4.88. The number of nitrogens with two attached hydrogens (primary N) is 1. The highest BCUT2D eigenvalue weighted by atomic mass is 16.2. The zero-order valence-corrected chi connectivity index (χ0v) is 12.0. The van der Waals surface area contributed by atoms with Crippen molar-refractivity contribution in [2.24, 2.45) is 11.1 Å². The number of amides is 4. The summed E-state index contributed by atoms with van der Waals surface area (Å²) in [6, 6.07) is -0.486. The highest BCUT2D eigenvalue weighted by molar-refractivity contribution is 6.07. The first-order chi connectivity index (χ1) is 9.43. The molecule has 1 spiro atoms. The monoisotopic (exact) mass is 282 g/mol. The van der Waals surface area contributed by atoms with Crippen molar-refractivity contribution in [3.8, 4) is 0 Å². The molecule has 2 aliphatic rings. The SMILES string of the molecule is CCC(CC)(CN)C(=O)N1CCC2(C1)NC(=O)NC2=O. The molecular formula is C13H22N4O3. The molecule has 2 fully saturated rings. The van der Waals surface area contributed by atoms with E-state index in [2.05, 4.69) is 10.6 Å². The lowest BCUT2D eigenvalue weighted by Gasteiger charge is -2.33. The van der Waals surface area contributed by atoms with Gasteiger partial charge in [-0.15, -0.1) is 0 Å². The Morgan fingerprint density at radius 1 is 1.40 bits per heavy atom. The van der Waals surface area contributed by atoms with Gasteiger partial charge in [-0.2, -0.15) is 0 Å². The van der Waals surface area contributed by atoms with Crippen LogP contribution in [0.15, 0.2) is 0 Å². The Hall–Kier alpha value is -1.63. The molecule has 2 aliphatic heterocycles. The maximum atomic E-state index is 12.7. The predicted octanol–water partition coefficient (Wildman–Crippen LogP) is -0.438. The highest BCUT2D eigenvalue weighted by Gasteiger charge is 2.53. The fourth-order valence-corrected chi connectivity index (χ4v) is 3.06. The van der Waals surface area contributed by atoms with Gasteiger partial charge in [-0.1, -0.05) is 13.8 Å². The molecule has 112 valence electrons. The van der Waals surface area contributed by atoms with E-state index in [1.807, 2.05) is 13.8 Å². The van der Waals surface area contributed by atoms with E-state index in [0.29, 0.717) is 32.4 Å². The first kappa shape index (κ1) is 14.8. The van der Waals surface area contributed by atoms with Crippen molar-refractivity contribution in [1.29, 1.82) is 0 Å². The molecule has 0 saturated carbocycles. The first-order valence-corrected chi connectivity index (χ1v) is 7.06. The van der Waals surface area contributed by atoms with E-state index in [1.54, 1.807) is 4.90 Å². The molecular weight excluding hydrogens is 260 g/mol. The van der Waals surface area contributed by atoms with E-state index in [9.17, 15) is 14.4 Å². The summed E-state index contributed by atoms with van der Waals surface area (Å²) >= 11 is 0. The van der Waals surface area contributed by atoms with Gasteiger partial charge in [0.2, 0.25) is 5.91 Å². The van der Waals surface area contributed by atoms with E-state index in [1.165, 1.54) is 0 Å². The summed E-state index contributed by atoms with van der Waals surface area (Å²) in [7, 11) is 0. The molecule has 20 heavy (non-hydrogen) atoms. The van der Waals surface area contributed by atoms with Gasteiger partial charge >= 0.3 is 6.03 Å². The Kier molecular flexibility index (Phi) is 3.73. The number of rotatable bonds is 4. The lowest BCUT2D eigenvalue weighted by molar-refractivity contribution is -0.141. The average Bonchev–Trinajstić information content (AvgIpc) is 2.97. The smallest absolute Gasteiger partial charge is 0.322 e. The molecule has 0 aromatic heterocycles. The summed E-state index contributed by atoms with van der Waals surface area (Å²) in [6.07, 6.45) is 1.78. The summed E-state index contributed by atoms with van der Waals surface area (Å²) in [4.78, 5) is 37.5. The van der Waals surface area contributed by atoms with Gasteiger partial charge in [-0.25, -0.2) is 4.79 Å². The number of hydrogen-bond acceptors (Lipinski definition) is 4. The van der Waals surface area contributed by atoms with Gasteiger partial charge in [0.25, 0.3) is 5.91 Å². The third-order valence-corrected chi connectivity index (χ3v) is 4.77. The fourth-order valence-electron chi connectivity index (χ4n) is 3.06. The lowest BCUT2D eigenvalue weighted by Crippen LogP contribution is -2.52. The van der Waals surface area contributed by atoms with E-state index in [4.69, 9.17) is 5.73 Å². The van der Waals surface area contributed by atoms with Crippen molar-refractivity contribution < 1.29 is 14.4 Å². The molecule has 4 amide bonds. The van der Waals surface area contributed by atoms with Crippen molar-refractivity contribution in [3.63, 3.8) is 0 Å². The van der Waals surface area contributed by atoms with Gasteiger partial charge in [-0.05, 0) is 19.3 Å². The molecule has 7 heteroatoms. The molecule has 4 N–H and O–H groups in total. The minimum atomic E-state index is -0.950. The van der Waals surface area contributed by atoms with E-state index in [0.717, 1.165) is 0 Å². The van der Waals surface area contributed by atoms with Crippen LogP contribution in [0.5, 0.6) is 0 Å². The minimum absolute atomic E-state index is 0.0178. The molecule has 0 aromatic rings. The van der Waals surface area contributed by atoms with Gasteiger partial charge < -0.3 is 16.0 Å². The largest absolute Gasteiger partial charge is 0.339 e. The molecule has 1 unspecified atom stereocenters. The van der Waals surface area contributed by atoms with E-state index >= 15 is 0 Å². The summed E-state index contributed by atoms with van der Waals surface area (Å²) in [5, 5.41) is 4.88. The van der Waals surface area contributed by atoms with Gasteiger partial charge in [0, 0.05) is 13.1 Å². The van der Waals surface area contributed by atoms with Crippen molar-refractivity contribution in [2.45, 2.75) is 38.6 Å². The van der Waals surface area contributed by atoms with Gasteiger partial charge in [0.1, 0.15) is 5.54 Å². The number of nitrogens with zero attached hydrogens (tertiary/aromatic N) is 1. The Labute approximate surface area is 118 Å². The standard InChI is InChI=1S/C13H22N4O3/c1-3-12(4-2,7-14)10(19)17-6-5-13(8-17)9(18)15-11(20)16-13/h3-8,14H2,1-2H3,(H2,15,16,18,20). The summed E-state index contributed by atoms with van der Waals surface area (Å²) in [5.74, 6) is -0.361. The average molecular weight is 282 g/mol. The number of likely N-dealkylation sites (tertiary alicyclic amines) is 1. The molecule has 7 nitrogen and oxygen atoms in total. The Bertz CT molecular complexity index is 439. The van der Waals surface area contributed by atoms with Crippen LogP contribution in [0, 0.1) is 5.41 Å². The van der Waals surface area contributed by atoms with Crippen LogP contribution >= 0.6 is 0 Å². The molecule has 2 rings (SSSR count). The second-order valence-corrected chi connectivity index (χ2v) is 5.66. The van der Waals surface area contributed by atoms with Crippen LogP contribution in [0.25, 0.3) is 0 Å². The predicted molar refractivity (Wildman–Crippen MR) is 72.7 cm³/mol. The number of nitrogens with one attached hydrogen (secondary N) is 2. The first-order valence-electron chi connectivity index (χ1n) is 7.06. The Morgan fingerprint density at radius 2 is 2.05 bits per heavy atom. The normalized spacial score (nSPS) is 26.1. The number of imide groups is 1. The second kappa shape index (κ2) is 5.05. The van der Waals surface area contributed by atoms with Crippen molar-refractivity contribution >= 4 is 17.8 Å². The van der Waals surface area contributed by atoms with E-state index < -0.39 is 17.0 Å². The lowest BCUT2D eigenvalue weighted by atomic mass is 9.81. The molecule has 0 bridgehead atoms. The number of hydrogen-bond donors (Lipinski definition) is 3. The fraction of sp³-hybridized carbons (Fsp3) is 0.769. The van der Waals surface area contributed by atoms with Crippen LogP contribution in [0.3, 0.4) is 0 Å². The van der Waals surface area contributed by atoms with Crippen molar-refractivity contribution in [2.75, 3.05) is 19.6 Å². The van der Waals surface area contributed by atoms with Crippen molar-refractivity contribution in [1.82, 2.24) is 15.5 Å². The summed E-state index contributed by atoms with van der Waals surface area (Å²) < 4.78 is 0. The Morgan fingerprint density at radius 3 is 2.50 bits per heavy atom. The maximum Gasteiger partial charge on any atom is 0.322 e. The van der Waals surface area contributed by atoms with Crippen LogP contribution in [0.1, 0.15) is 33.1 Å². The van der Waals surface area contributed by atoms with Crippen LogP contribution in [-0.4, -0.2) is 47.9 Å².